The summed E-state index contributed by atoms with van der Waals surface area (Å²) >= 11 is 0. The normalized spacial score (nSPS) is 12.7. The highest BCUT2D eigenvalue weighted by molar-refractivity contribution is 7.89. The summed E-state index contributed by atoms with van der Waals surface area (Å²) < 4.78 is 27.8. The predicted octanol–water partition coefficient (Wildman–Crippen LogP) is 1.76. The molecular formula is C15H24N4O2S. The van der Waals surface area contributed by atoms with E-state index in [0.29, 0.717) is 0 Å². The quantitative estimate of drug-likeness (QED) is 0.812. The number of aromatic nitrogens is 2. The molecule has 0 bridgehead atoms. The summed E-state index contributed by atoms with van der Waals surface area (Å²) in [6.07, 6.45) is 0. The van der Waals surface area contributed by atoms with Crippen LogP contribution < -0.4 is 0 Å². The van der Waals surface area contributed by atoms with E-state index in [4.69, 9.17) is 0 Å². The van der Waals surface area contributed by atoms with Crippen LogP contribution in [0.1, 0.15) is 19.7 Å². The summed E-state index contributed by atoms with van der Waals surface area (Å²) in [5.41, 5.74) is 1.70. The summed E-state index contributed by atoms with van der Waals surface area (Å²) in [5.74, 6) is 0.959. The lowest BCUT2D eigenvalue weighted by atomic mass is 10.3. The zero-order chi connectivity index (χ0) is 16.5. The van der Waals surface area contributed by atoms with E-state index in [2.05, 4.69) is 28.3 Å². The first-order valence-electron chi connectivity index (χ1n) is 7.41. The minimum absolute atomic E-state index is 0.279. The van der Waals surface area contributed by atoms with Crippen molar-refractivity contribution in [3.8, 4) is 0 Å². The van der Waals surface area contributed by atoms with Crippen LogP contribution in [0, 0.1) is 0 Å². The molecule has 1 heterocycles. The molecule has 22 heavy (non-hydrogen) atoms. The molecule has 0 atom stereocenters. The lowest BCUT2D eigenvalue weighted by molar-refractivity contribution is 0.331. The largest absolute Gasteiger partial charge is 0.327 e. The van der Waals surface area contributed by atoms with E-state index in [9.17, 15) is 8.42 Å². The molecule has 0 saturated carbocycles. The molecule has 1 aromatic heterocycles. The molecule has 7 heteroatoms. The Bertz CT molecular complexity index is 765. The monoisotopic (exact) mass is 324 g/mol. The van der Waals surface area contributed by atoms with Crippen LogP contribution in [0.4, 0.5) is 0 Å². The van der Waals surface area contributed by atoms with Crippen LogP contribution in [0.3, 0.4) is 0 Å². The highest BCUT2D eigenvalue weighted by Crippen LogP contribution is 2.22. The van der Waals surface area contributed by atoms with Gasteiger partial charge >= 0.3 is 0 Å². The molecule has 0 N–H and O–H groups in total. The molecule has 2 rings (SSSR count). The molecule has 1 aromatic carbocycles. The van der Waals surface area contributed by atoms with Crippen LogP contribution in [-0.2, 0) is 23.1 Å². The fourth-order valence-corrected chi connectivity index (χ4v) is 3.28. The third kappa shape index (κ3) is 3.02. The van der Waals surface area contributed by atoms with Gasteiger partial charge in [-0.3, -0.25) is 4.90 Å². The Morgan fingerprint density at radius 2 is 1.86 bits per heavy atom. The lowest BCUT2D eigenvalue weighted by Gasteiger charge is -2.14. The molecule has 0 aliphatic heterocycles. The Kier molecular flexibility index (Phi) is 4.89. The Morgan fingerprint density at radius 1 is 1.18 bits per heavy atom. The maximum atomic E-state index is 12.2. The second kappa shape index (κ2) is 6.36. The zero-order valence-electron chi connectivity index (χ0n) is 13.9. The van der Waals surface area contributed by atoms with Gasteiger partial charge in [0.15, 0.2) is 0 Å². The zero-order valence-corrected chi connectivity index (χ0v) is 14.7. The van der Waals surface area contributed by atoms with Crippen LogP contribution >= 0.6 is 0 Å². The highest BCUT2D eigenvalue weighted by Gasteiger charge is 2.19. The van der Waals surface area contributed by atoms with Crippen LogP contribution in [0.2, 0.25) is 0 Å². The molecule has 0 saturated heterocycles. The minimum atomic E-state index is -3.43. The number of fused-ring (bicyclic) bond motifs is 1. The number of hydrogen-bond acceptors (Lipinski definition) is 4. The molecule has 0 aliphatic carbocycles. The Balaban J connectivity index is 2.55. The van der Waals surface area contributed by atoms with Crippen molar-refractivity contribution in [3.05, 3.63) is 24.0 Å². The molecule has 0 fully saturated rings. The Morgan fingerprint density at radius 3 is 2.41 bits per heavy atom. The molecule has 6 nitrogen and oxygen atoms in total. The second-order valence-corrected chi connectivity index (χ2v) is 7.69. The van der Waals surface area contributed by atoms with Gasteiger partial charge in [0.25, 0.3) is 0 Å². The van der Waals surface area contributed by atoms with E-state index in [0.717, 1.165) is 36.5 Å². The number of aryl methyl sites for hydroxylation is 1. The molecule has 0 amide bonds. The van der Waals surface area contributed by atoms with Gasteiger partial charge < -0.3 is 4.57 Å². The van der Waals surface area contributed by atoms with Crippen molar-refractivity contribution < 1.29 is 8.42 Å². The van der Waals surface area contributed by atoms with E-state index in [-0.39, 0.29) is 4.90 Å². The SMILES string of the molecule is CCN(C)Cc1nc2cc(S(=O)(=O)N(C)C)ccc2n1CC. The fourth-order valence-electron chi connectivity index (χ4n) is 2.36. The number of benzene rings is 1. The van der Waals surface area contributed by atoms with Crippen molar-refractivity contribution in [2.45, 2.75) is 31.8 Å². The third-order valence-corrected chi connectivity index (χ3v) is 5.66. The van der Waals surface area contributed by atoms with E-state index < -0.39 is 10.0 Å². The first-order chi connectivity index (χ1) is 10.3. The minimum Gasteiger partial charge on any atom is -0.327 e. The Hall–Kier alpha value is -1.44. The highest BCUT2D eigenvalue weighted by atomic mass is 32.2. The average molecular weight is 324 g/mol. The molecule has 0 aliphatic rings. The summed E-state index contributed by atoms with van der Waals surface area (Å²) in [6, 6.07) is 5.16. The van der Waals surface area contributed by atoms with Gasteiger partial charge in [0.1, 0.15) is 5.82 Å². The predicted molar refractivity (Wildman–Crippen MR) is 88.3 cm³/mol. The van der Waals surface area contributed by atoms with Crippen molar-refractivity contribution in [2.75, 3.05) is 27.7 Å². The van der Waals surface area contributed by atoms with Gasteiger partial charge in [0.2, 0.25) is 10.0 Å². The number of rotatable bonds is 6. The molecule has 0 spiro atoms. The van der Waals surface area contributed by atoms with Crippen LogP contribution in [0.5, 0.6) is 0 Å². The van der Waals surface area contributed by atoms with Gasteiger partial charge in [0.05, 0.1) is 22.5 Å². The summed E-state index contributed by atoms with van der Waals surface area (Å²) in [7, 11) is 1.68. The molecule has 2 aromatic rings. The Labute approximate surface area is 132 Å². The lowest BCUT2D eigenvalue weighted by Crippen LogP contribution is -2.22. The van der Waals surface area contributed by atoms with E-state index in [1.54, 1.807) is 12.1 Å². The standard InChI is InChI=1S/C15H24N4O2S/c1-6-18(5)11-15-16-13-10-12(22(20,21)17(3)4)8-9-14(13)19(15)7-2/h8-10H,6-7,11H2,1-5H3. The topological polar surface area (TPSA) is 58.4 Å². The second-order valence-electron chi connectivity index (χ2n) is 5.54. The number of nitrogens with zero attached hydrogens (tertiary/aromatic N) is 4. The molecular weight excluding hydrogens is 300 g/mol. The summed E-state index contributed by atoms with van der Waals surface area (Å²) in [4.78, 5) is 7.09. The first kappa shape index (κ1) is 16.9. The number of hydrogen-bond donors (Lipinski definition) is 0. The fraction of sp³-hybridized carbons (Fsp3) is 0.533. The van der Waals surface area contributed by atoms with Crippen molar-refractivity contribution in [1.29, 1.82) is 0 Å². The van der Waals surface area contributed by atoms with Crippen molar-refractivity contribution in [2.24, 2.45) is 0 Å². The van der Waals surface area contributed by atoms with Gasteiger partial charge in [-0.2, -0.15) is 0 Å². The van der Waals surface area contributed by atoms with Gasteiger partial charge in [0, 0.05) is 20.6 Å². The van der Waals surface area contributed by atoms with E-state index in [1.165, 1.54) is 18.4 Å². The average Bonchev–Trinajstić information content (AvgIpc) is 2.82. The van der Waals surface area contributed by atoms with Gasteiger partial charge in [-0.05, 0) is 38.7 Å². The van der Waals surface area contributed by atoms with E-state index in [1.807, 2.05) is 13.1 Å². The van der Waals surface area contributed by atoms with Gasteiger partial charge in [-0.25, -0.2) is 17.7 Å². The maximum Gasteiger partial charge on any atom is 0.242 e. The van der Waals surface area contributed by atoms with Gasteiger partial charge in [-0.15, -0.1) is 0 Å². The van der Waals surface area contributed by atoms with Gasteiger partial charge in [-0.1, -0.05) is 6.92 Å². The summed E-state index contributed by atoms with van der Waals surface area (Å²) in [5, 5.41) is 0. The van der Waals surface area contributed by atoms with Crippen molar-refractivity contribution in [1.82, 2.24) is 18.8 Å². The first-order valence-corrected chi connectivity index (χ1v) is 8.85. The van der Waals surface area contributed by atoms with Crippen molar-refractivity contribution in [3.63, 3.8) is 0 Å². The smallest absolute Gasteiger partial charge is 0.242 e. The number of sulfonamides is 1. The third-order valence-electron chi connectivity index (χ3n) is 3.84. The van der Waals surface area contributed by atoms with Crippen molar-refractivity contribution >= 4 is 21.1 Å². The van der Waals surface area contributed by atoms with Crippen LogP contribution in [-0.4, -0.2) is 54.9 Å². The van der Waals surface area contributed by atoms with E-state index >= 15 is 0 Å². The maximum absolute atomic E-state index is 12.2. The number of imidazole rings is 1. The summed E-state index contributed by atoms with van der Waals surface area (Å²) in [6.45, 7) is 6.66. The molecule has 122 valence electrons. The molecule has 0 unspecified atom stereocenters. The molecule has 0 radical (unpaired) electrons. The van der Waals surface area contributed by atoms with Crippen LogP contribution in [0.25, 0.3) is 11.0 Å². The van der Waals surface area contributed by atoms with Crippen LogP contribution in [0.15, 0.2) is 23.1 Å².